The van der Waals surface area contributed by atoms with Gasteiger partial charge in [0.05, 0.1) is 19.1 Å². The van der Waals surface area contributed by atoms with Crippen molar-refractivity contribution in [3.8, 4) is 0 Å². The number of aryl methyl sites for hydroxylation is 2. The van der Waals surface area contributed by atoms with Crippen LogP contribution in [0, 0.1) is 31.6 Å². The predicted octanol–water partition coefficient (Wildman–Crippen LogP) is -0.698. The van der Waals surface area contributed by atoms with Gasteiger partial charge in [-0.2, -0.15) is 0 Å². The summed E-state index contributed by atoms with van der Waals surface area (Å²) in [6.07, 6.45) is 4.77. The average molecular weight is 817 g/mol. The molecule has 0 aliphatic heterocycles. The molecule has 246 valence electrons. The number of aromatic amines is 1. The number of ether oxygens (including phenoxy) is 2. The van der Waals surface area contributed by atoms with Crippen LogP contribution in [-0.4, -0.2) is 41.2 Å². The first-order valence-corrected chi connectivity index (χ1v) is 15.4. The van der Waals surface area contributed by atoms with E-state index in [0.717, 1.165) is 20.9 Å². The van der Waals surface area contributed by atoms with Gasteiger partial charge in [0.15, 0.2) is 0 Å². The third kappa shape index (κ3) is 25.2. The molecule has 0 saturated carbocycles. The van der Waals surface area contributed by atoms with Crippen molar-refractivity contribution in [3.05, 3.63) is 65.3 Å². The van der Waals surface area contributed by atoms with Gasteiger partial charge in [-0.25, -0.2) is 4.79 Å². The number of nitrogens with zero attached hydrogens (tertiary/aromatic N) is 1. The fraction of sp³-hybridized carbons (Fsp3) is 0.567. The zero-order chi connectivity index (χ0) is 33.7. The van der Waals surface area contributed by atoms with Gasteiger partial charge < -0.3 is 26.0 Å². The Labute approximate surface area is 369 Å². The van der Waals surface area contributed by atoms with Gasteiger partial charge in [-0.1, -0.05) is 34.6 Å². The standard InChI is InChI=1S/C14H20BrNO3.C9H18O2.C6H6BrNO.CH2O3.2K.H/c1-5-19-14(18)12(6-9(2)3)16-8-11(15)7-10(4)13(16)17;1-5-11-9(10)8(4)6-7(2)3;1-4-2-5(7)3-8-6(4)9;2-1-4-3;;;/h7-9,12H,5-6H2,1-4H3;7-8H,5-6H2,1-4H3;2-3H,1H3,(H,8,9);1,3H;;;/q;;;;2*+1;-1/p-1. The van der Waals surface area contributed by atoms with E-state index < -0.39 is 6.04 Å². The van der Waals surface area contributed by atoms with Gasteiger partial charge in [-0.15, -0.1) is 0 Å². The van der Waals surface area contributed by atoms with Crippen molar-refractivity contribution in [1.29, 1.82) is 0 Å². The summed E-state index contributed by atoms with van der Waals surface area (Å²) in [5.41, 5.74) is 1.15. The van der Waals surface area contributed by atoms with Crippen molar-refractivity contribution in [3.63, 3.8) is 0 Å². The Morgan fingerprint density at radius 1 is 0.911 bits per heavy atom. The van der Waals surface area contributed by atoms with Crippen LogP contribution < -0.4 is 119 Å². The monoisotopic (exact) mass is 814 g/mol. The van der Waals surface area contributed by atoms with E-state index in [9.17, 15) is 19.2 Å². The van der Waals surface area contributed by atoms with Crippen molar-refractivity contribution in [1.82, 2.24) is 9.55 Å². The Kier molecular flexibility index (Phi) is 35.5. The minimum Gasteiger partial charge on any atom is -1.00 e. The summed E-state index contributed by atoms with van der Waals surface area (Å²) >= 11 is 6.58. The molecule has 0 aliphatic carbocycles. The van der Waals surface area contributed by atoms with E-state index in [1.165, 1.54) is 4.57 Å². The minimum absolute atomic E-state index is 0. The average Bonchev–Trinajstić information content (AvgIpc) is 2.92. The molecule has 2 unspecified atom stereocenters. The zero-order valence-electron chi connectivity index (χ0n) is 29.4. The smallest absolute Gasteiger partial charge is 1.00 e. The number of nitrogens with one attached hydrogen (secondary N) is 1. The third-order valence-electron chi connectivity index (χ3n) is 5.38. The quantitative estimate of drug-likeness (QED) is 0.108. The van der Waals surface area contributed by atoms with Gasteiger partial charge in [0.1, 0.15) is 6.04 Å². The Morgan fingerprint density at radius 2 is 1.38 bits per heavy atom. The SMILES string of the molecule is CCOC(=O)C(C)CC(C)C.CCOC(=O)C(CC(C)C)n1cc(Br)cc(C)c1=O.Cc1cc(Br)c[nH]c1=O.O=CO[O-].[H-].[K+].[K+]. The maximum Gasteiger partial charge on any atom is 1.00 e. The molecule has 2 rings (SSSR count). The summed E-state index contributed by atoms with van der Waals surface area (Å²) in [7, 11) is 0. The molecule has 0 aromatic carbocycles. The van der Waals surface area contributed by atoms with Gasteiger partial charge in [-0.3, -0.25) is 23.7 Å². The normalized spacial score (nSPS) is 10.9. The van der Waals surface area contributed by atoms with E-state index >= 15 is 0 Å². The summed E-state index contributed by atoms with van der Waals surface area (Å²) < 4.78 is 13.1. The number of carbonyl (C=O) groups is 3. The van der Waals surface area contributed by atoms with Crippen molar-refractivity contribution >= 4 is 50.3 Å². The number of esters is 2. The number of aromatic nitrogens is 2. The van der Waals surface area contributed by atoms with Gasteiger partial charge in [0, 0.05) is 32.5 Å². The Balaban J connectivity index is -0.000000178. The van der Waals surface area contributed by atoms with Crippen LogP contribution >= 0.6 is 31.9 Å². The number of hydrogen-bond acceptors (Lipinski definition) is 9. The van der Waals surface area contributed by atoms with Crippen molar-refractivity contribution in [2.24, 2.45) is 17.8 Å². The zero-order valence-corrected chi connectivity index (χ0v) is 37.8. The molecule has 1 N–H and O–H groups in total. The van der Waals surface area contributed by atoms with E-state index in [2.05, 4.69) is 55.6 Å². The van der Waals surface area contributed by atoms with Crippen LogP contribution in [0.4, 0.5) is 0 Å². The molecule has 0 bridgehead atoms. The molecule has 0 saturated heterocycles. The summed E-state index contributed by atoms with van der Waals surface area (Å²) in [6.45, 7) is 17.9. The van der Waals surface area contributed by atoms with Crippen molar-refractivity contribution < 1.29 is 138 Å². The first-order chi connectivity index (χ1) is 20.0. The van der Waals surface area contributed by atoms with Crippen LogP contribution in [0.5, 0.6) is 0 Å². The molecule has 45 heavy (non-hydrogen) atoms. The maximum atomic E-state index is 12.2. The number of pyridine rings is 2. The Hall–Kier alpha value is 0.503. The van der Waals surface area contributed by atoms with Crippen LogP contribution in [0.15, 0.2) is 43.1 Å². The largest absolute Gasteiger partial charge is 1.00 e. The first-order valence-electron chi connectivity index (χ1n) is 13.8. The summed E-state index contributed by atoms with van der Waals surface area (Å²) in [5, 5.41) is 8.43. The second-order valence-corrected chi connectivity index (χ2v) is 12.1. The number of halogens is 2. The molecule has 15 heteroatoms. The molecule has 0 amide bonds. The summed E-state index contributed by atoms with van der Waals surface area (Å²) in [4.78, 5) is 59.8. The van der Waals surface area contributed by atoms with Crippen LogP contribution in [-0.2, 0) is 28.7 Å². The van der Waals surface area contributed by atoms with Gasteiger partial charge >= 0.3 is 115 Å². The Morgan fingerprint density at radius 3 is 1.78 bits per heavy atom. The van der Waals surface area contributed by atoms with Crippen molar-refractivity contribution in [2.45, 2.75) is 81.2 Å². The van der Waals surface area contributed by atoms with E-state index in [-0.39, 0.29) is 140 Å². The van der Waals surface area contributed by atoms with Crippen LogP contribution in [0.25, 0.3) is 0 Å². The van der Waals surface area contributed by atoms with Gasteiger partial charge in [0.2, 0.25) is 0 Å². The van der Waals surface area contributed by atoms with Crippen molar-refractivity contribution in [2.75, 3.05) is 13.2 Å². The van der Waals surface area contributed by atoms with Crippen LogP contribution in [0.1, 0.15) is 79.9 Å². The fourth-order valence-electron chi connectivity index (χ4n) is 3.59. The molecule has 2 atom stereocenters. The maximum absolute atomic E-state index is 12.2. The van der Waals surface area contributed by atoms with E-state index in [1.54, 1.807) is 45.3 Å². The first kappa shape index (κ1) is 52.3. The summed E-state index contributed by atoms with van der Waals surface area (Å²) in [6, 6.07) is 2.96. The fourth-order valence-corrected chi connectivity index (χ4v) is 4.61. The van der Waals surface area contributed by atoms with Crippen LogP contribution in [0.3, 0.4) is 0 Å². The minimum atomic E-state index is -0.566. The Bertz CT molecular complexity index is 1250. The topological polar surface area (TPSA) is 157 Å². The number of rotatable bonds is 10. The van der Waals surface area contributed by atoms with Crippen LogP contribution in [0.2, 0.25) is 0 Å². The second kappa shape index (κ2) is 30.6. The van der Waals surface area contributed by atoms with Gasteiger partial charge in [-0.05, 0) is 96.4 Å². The molecular formula is C30H46Br2K2N2O9. The number of carbonyl (C=O) groups excluding carboxylic acids is 3. The molecule has 0 spiro atoms. The molecule has 0 radical (unpaired) electrons. The molecule has 2 heterocycles. The van der Waals surface area contributed by atoms with E-state index in [4.69, 9.17) is 19.5 Å². The molecule has 2 aromatic rings. The molecule has 11 nitrogen and oxygen atoms in total. The second-order valence-electron chi connectivity index (χ2n) is 10.3. The predicted molar refractivity (Wildman–Crippen MR) is 171 cm³/mol. The molecule has 0 fully saturated rings. The molecule has 2 aromatic heterocycles. The number of H-pyrrole nitrogens is 1. The molecular weight excluding hydrogens is 770 g/mol. The van der Waals surface area contributed by atoms with E-state index in [0.29, 0.717) is 37.0 Å². The third-order valence-corrected chi connectivity index (χ3v) is 6.28. The van der Waals surface area contributed by atoms with E-state index in [1.807, 2.05) is 27.7 Å². The molecule has 0 aliphatic rings. The number of hydrogen-bond donors (Lipinski definition) is 1. The van der Waals surface area contributed by atoms with Gasteiger partial charge in [0.25, 0.3) is 17.6 Å². The summed E-state index contributed by atoms with van der Waals surface area (Å²) in [5.74, 6) is 0.488.